The summed E-state index contributed by atoms with van der Waals surface area (Å²) in [5.41, 5.74) is 4.74. The molecule has 0 spiro atoms. The fourth-order valence-electron chi connectivity index (χ4n) is 3.16. The molecule has 0 atom stereocenters. The Morgan fingerprint density at radius 3 is 2.29 bits per heavy atom. The minimum absolute atomic E-state index is 0.175. The number of carbonyl (C=O) groups excluding carboxylic acids is 1. The van der Waals surface area contributed by atoms with Crippen molar-refractivity contribution in [2.24, 2.45) is 0 Å². The molecule has 0 aliphatic carbocycles. The molecule has 4 aromatic rings. The van der Waals surface area contributed by atoms with Gasteiger partial charge in [0.15, 0.2) is 0 Å². The van der Waals surface area contributed by atoms with E-state index in [-0.39, 0.29) is 17.1 Å². The number of hydrogen-bond donors (Lipinski definition) is 2. The highest BCUT2D eigenvalue weighted by Crippen LogP contribution is 2.34. The number of alkyl halides is 3. The van der Waals surface area contributed by atoms with E-state index in [9.17, 15) is 28.1 Å². The van der Waals surface area contributed by atoms with Crippen LogP contribution < -0.4 is 10.9 Å². The third-order valence-corrected chi connectivity index (χ3v) is 4.92. The van der Waals surface area contributed by atoms with Gasteiger partial charge in [-0.1, -0.05) is 17.7 Å². The van der Waals surface area contributed by atoms with Crippen LogP contribution in [0.1, 0.15) is 21.5 Å². The third-order valence-electron chi connectivity index (χ3n) is 4.92. The molecule has 4 rings (SSSR count). The zero-order valence-electron chi connectivity index (χ0n) is 18.0. The minimum Gasteiger partial charge on any atom is -0.416 e. The Hall–Kier alpha value is -4.74. The summed E-state index contributed by atoms with van der Waals surface area (Å²) < 4.78 is 44.2. The predicted molar refractivity (Wildman–Crippen MR) is 119 cm³/mol. The van der Waals surface area contributed by atoms with Crippen LogP contribution in [0.2, 0.25) is 0 Å². The largest absolute Gasteiger partial charge is 0.416 e. The molecule has 178 valence electrons. The molecule has 3 aromatic carbocycles. The van der Waals surface area contributed by atoms with E-state index >= 15 is 0 Å². The van der Waals surface area contributed by atoms with Crippen LogP contribution in [0.3, 0.4) is 0 Å². The first-order chi connectivity index (χ1) is 16.6. The lowest BCUT2D eigenvalue weighted by atomic mass is 10.1. The van der Waals surface area contributed by atoms with Gasteiger partial charge in [0.25, 0.3) is 11.6 Å². The molecular formula is C23H16F3N5O4. The van der Waals surface area contributed by atoms with E-state index in [2.05, 4.69) is 21.0 Å². The highest BCUT2D eigenvalue weighted by atomic mass is 19.4. The number of anilines is 1. The van der Waals surface area contributed by atoms with E-state index in [1.807, 2.05) is 31.2 Å². The van der Waals surface area contributed by atoms with Gasteiger partial charge in [-0.15, -0.1) is 10.2 Å². The van der Waals surface area contributed by atoms with Crippen molar-refractivity contribution < 1.29 is 27.3 Å². The number of nitro benzene ring substituents is 1. The molecule has 0 saturated carbocycles. The molecule has 0 unspecified atom stereocenters. The number of benzene rings is 3. The lowest BCUT2D eigenvalue weighted by Gasteiger charge is -2.11. The molecule has 0 aliphatic rings. The zero-order chi connectivity index (χ0) is 25.2. The number of carbonyl (C=O) groups is 1. The number of hydrazine groups is 1. The first kappa shape index (κ1) is 23.4. The maximum Gasteiger partial charge on any atom is 0.416 e. The first-order valence-corrected chi connectivity index (χ1v) is 10.0. The smallest absolute Gasteiger partial charge is 0.416 e. The lowest BCUT2D eigenvalue weighted by molar-refractivity contribution is -0.384. The monoisotopic (exact) mass is 483 g/mol. The summed E-state index contributed by atoms with van der Waals surface area (Å²) >= 11 is 0. The summed E-state index contributed by atoms with van der Waals surface area (Å²) in [6.45, 7) is 1.94. The van der Waals surface area contributed by atoms with E-state index in [4.69, 9.17) is 4.42 Å². The molecule has 1 heterocycles. The van der Waals surface area contributed by atoms with Crippen molar-refractivity contribution in [2.45, 2.75) is 13.1 Å². The number of rotatable bonds is 6. The van der Waals surface area contributed by atoms with E-state index in [1.165, 1.54) is 12.1 Å². The lowest BCUT2D eigenvalue weighted by Crippen LogP contribution is -2.29. The number of halogens is 3. The second kappa shape index (κ2) is 9.25. The highest BCUT2D eigenvalue weighted by molar-refractivity contribution is 5.95. The van der Waals surface area contributed by atoms with E-state index in [0.717, 1.165) is 17.2 Å². The number of nitrogens with one attached hydrogen (secondary N) is 2. The molecule has 1 amide bonds. The fourth-order valence-corrected chi connectivity index (χ4v) is 3.16. The first-order valence-electron chi connectivity index (χ1n) is 10.0. The molecule has 0 saturated heterocycles. The van der Waals surface area contributed by atoms with Crippen LogP contribution in [0.15, 0.2) is 71.1 Å². The fraction of sp³-hybridized carbons (Fsp3) is 0.0870. The van der Waals surface area contributed by atoms with E-state index in [1.54, 1.807) is 12.1 Å². The van der Waals surface area contributed by atoms with Crippen LogP contribution in [-0.4, -0.2) is 21.0 Å². The predicted octanol–water partition coefficient (Wildman–Crippen LogP) is 5.40. The van der Waals surface area contributed by atoms with Gasteiger partial charge in [-0.2, -0.15) is 13.2 Å². The summed E-state index contributed by atoms with van der Waals surface area (Å²) in [7, 11) is 0. The van der Waals surface area contributed by atoms with Gasteiger partial charge < -0.3 is 4.42 Å². The van der Waals surface area contributed by atoms with Gasteiger partial charge in [-0.3, -0.25) is 25.8 Å². The molecule has 0 fully saturated rings. The van der Waals surface area contributed by atoms with Gasteiger partial charge in [0.05, 0.1) is 10.5 Å². The van der Waals surface area contributed by atoms with Crippen LogP contribution in [0, 0.1) is 17.0 Å². The summed E-state index contributed by atoms with van der Waals surface area (Å²) in [5, 5.41) is 19.2. The van der Waals surface area contributed by atoms with Gasteiger partial charge in [0.1, 0.15) is 5.69 Å². The van der Waals surface area contributed by atoms with Crippen LogP contribution in [0.25, 0.3) is 22.9 Å². The summed E-state index contributed by atoms with van der Waals surface area (Å²) in [5.74, 6) is -0.0865. The molecule has 0 aliphatic heterocycles. The van der Waals surface area contributed by atoms with Crippen molar-refractivity contribution in [3.8, 4) is 22.9 Å². The van der Waals surface area contributed by atoms with Crippen molar-refractivity contribution >= 4 is 17.3 Å². The van der Waals surface area contributed by atoms with Gasteiger partial charge in [-0.05, 0) is 55.5 Å². The summed E-state index contributed by atoms with van der Waals surface area (Å²) in [6.07, 6.45) is -4.74. The maximum absolute atomic E-state index is 12.8. The molecule has 1 aromatic heterocycles. The van der Waals surface area contributed by atoms with E-state index in [0.29, 0.717) is 23.6 Å². The maximum atomic E-state index is 12.8. The molecule has 2 N–H and O–H groups in total. The number of hydrogen-bond acceptors (Lipinski definition) is 7. The third kappa shape index (κ3) is 5.27. The van der Waals surface area contributed by atoms with Crippen LogP contribution in [0.4, 0.5) is 24.5 Å². The van der Waals surface area contributed by atoms with Crippen molar-refractivity contribution in [1.82, 2.24) is 15.6 Å². The Bertz CT molecular complexity index is 1400. The van der Waals surface area contributed by atoms with Gasteiger partial charge in [-0.25, -0.2) is 0 Å². The Labute approximate surface area is 195 Å². The normalized spacial score (nSPS) is 11.2. The SMILES string of the molecule is Cc1cccc(-c2nnc(-c3ccc(C(=O)NNc4ccc(C(F)(F)F)cc4[N+](=O)[O-])cc3)o2)c1. The van der Waals surface area contributed by atoms with Crippen LogP contribution >= 0.6 is 0 Å². The molecule has 35 heavy (non-hydrogen) atoms. The van der Waals surface area contributed by atoms with Gasteiger partial charge in [0, 0.05) is 22.8 Å². The second-order valence-electron chi connectivity index (χ2n) is 7.43. The molecule has 0 radical (unpaired) electrons. The van der Waals surface area contributed by atoms with E-state index < -0.39 is 28.3 Å². The minimum atomic E-state index is -4.74. The van der Waals surface area contributed by atoms with Crippen LogP contribution in [0.5, 0.6) is 0 Å². The highest BCUT2D eigenvalue weighted by Gasteiger charge is 2.33. The molecule has 9 nitrogen and oxygen atoms in total. The molecule has 12 heteroatoms. The van der Waals surface area contributed by atoms with Crippen molar-refractivity contribution in [3.63, 3.8) is 0 Å². The summed E-state index contributed by atoms with van der Waals surface area (Å²) in [4.78, 5) is 22.6. The zero-order valence-corrected chi connectivity index (χ0v) is 18.0. The Balaban J connectivity index is 1.45. The van der Waals surface area contributed by atoms with Crippen molar-refractivity contribution in [3.05, 3.63) is 93.5 Å². The Morgan fingerprint density at radius 2 is 1.66 bits per heavy atom. The summed E-state index contributed by atoms with van der Waals surface area (Å²) in [6, 6.07) is 15.5. The number of amides is 1. The average molecular weight is 483 g/mol. The standard InChI is InChI=1S/C23H16F3N5O4/c1-13-3-2-4-16(11-13)22-30-29-21(35-22)15-7-5-14(6-8-15)20(32)28-27-18-10-9-17(23(24,25)26)12-19(18)31(33)34/h2-12,27H,1H3,(H,28,32). The topological polar surface area (TPSA) is 123 Å². The number of nitrogens with zero attached hydrogens (tertiary/aromatic N) is 3. The number of aryl methyl sites for hydroxylation is 1. The number of aromatic nitrogens is 2. The quantitative estimate of drug-likeness (QED) is 0.278. The number of nitro groups is 1. The Morgan fingerprint density at radius 1 is 0.971 bits per heavy atom. The van der Waals surface area contributed by atoms with Crippen LogP contribution in [-0.2, 0) is 6.18 Å². The average Bonchev–Trinajstić information content (AvgIpc) is 3.32. The van der Waals surface area contributed by atoms with Crippen molar-refractivity contribution in [2.75, 3.05) is 5.43 Å². The molecular weight excluding hydrogens is 467 g/mol. The van der Waals surface area contributed by atoms with Gasteiger partial charge >= 0.3 is 6.18 Å². The molecule has 0 bridgehead atoms. The van der Waals surface area contributed by atoms with Crippen molar-refractivity contribution in [1.29, 1.82) is 0 Å². The van der Waals surface area contributed by atoms with Gasteiger partial charge in [0.2, 0.25) is 11.8 Å². The Kier molecular flexibility index (Phi) is 6.19. The second-order valence-corrected chi connectivity index (χ2v) is 7.43.